The highest BCUT2D eigenvalue weighted by Crippen LogP contribution is 2.34. The number of hydrogen-bond donors (Lipinski definition) is 3. The van der Waals surface area contributed by atoms with E-state index < -0.39 is 6.10 Å². The second-order valence-electron chi connectivity index (χ2n) is 7.56. The lowest BCUT2D eigenvalue weighted by molar-refractivity contribution is -0.122. The van der Waals surface area contributed by atoms with Crippen LogP contribution in [0.1, 0.15) is 36.0 Å². The molecule has 3 N–H and O–H groups in total. The van der Waals surface area contributed by atoms with Crippen LogP contribution < -0.4 is 20.9 Å². The number of ether oxygens (including phenoxy) is 1. The van der Waals surface area contributed by atoms with E-state index in [0.717, 1.165) is 29.7 Å². The summed E-state index contributed by atoms with van der Waals surface area (Å²) in [5.41, 5.74) is 2.11. The zero-order valence-corrected chi connectivity index (χ0v) is 17.1. The molecule has 0 bridgehead atoms. The molecule has 1 atom stereocenters. The average molecular weight is 424 g/mol. The number of H-pyrrole nitrogens is 1. The molecule has 0 saturated heterocycles. The molecule has 3 heterocycles. The Kier molecular flexibility index (Phi) is 4.54. The Morgan fingerprint density at radius 3 is 3.07 bits per heavy atom. The number of nitrogens with zero attached hydrogens (tertiary/aromatic N) is 1. The van der Waals surface area contributed by atoms with Crippen molar-refractivity contribution in [2.75, 3.05) is 10.6 Å². The smallest absolute Gasteiger partial charge is 0.265 e. The zero-order chi connectivity index (χ0) is 20.8. The van der Waals surface area contributed by atoms with Gasteiger partial charge in [0.1, 0.15) is 16.4 Å². The molecule has 2 aliphatic rings. The van der Waals surface area contributed by atoms with Crippen molar-refractivity contribution in [3.63, 3.8) is 0 Å². The number of benzene rings is 1. The van der Waals surface area contributed by atoms with Gasteiger partial charge in [-0.05, 0) is 49.9 Å². The molecule has 1 aromatic carbocycles. The lowest BCUT2D eigenvalue weighted by atomic mass is 10.2. The van der Waals surface area contributed by atoms with Gasteiger partial charge in [-0.2, -0.15) is 0 Å². The Bertz CT molecular complexity index is 1250. The monoisotopic (exact) mass is 424 g/mol. The van der Waals surface area contributed by atoms with Crippen LogP contribution in [-0.4, -0.2) is 27.9 Å². The fourth-order valence-corrected chi connectivity index (χ4v) is 5.19. The van der Waals surface area contributed by atoms with Gasteiger partial charge in [0.15, 0.2) is 6.10 Å². The Labute approximate surface area is 175 Å². The lowest BCUT2D eigenvalue weighted by Crippen LogP contribution is -2.34. The third-order valence-corrected chi connectivity index (χ3v) is 6.59. The van der Waals surface area contributed by atoms with Gasteiger partial charge in [0, 0.05) is 23.4 Å². The van der Waals surface area contributed by atoms with E-state index in [1.165, 1.54) is 4.88 Å². The molecule has 2 amide bonds. The molecule has 30 heavy (non-hydrogen) atoms. The van der Waals surface area contributed by atoms with Crippen LogP contribution in [0.15, 0.2) is 23.0 Å². The van der Waals surface area contributed by atoms with Crippen molar-refractivity contribution in [1.82, 2.24) is 9.97 Å². The maximum Gasteiger partial charge on any atom is 0.265 e. The minimum Gasteiger partial charge on any atom is -0.479 e. The van der Waals surface area contributed by atoms with Crippen LogP contribution >= 0.6 is 11.3 Å². The van der Waals surface area contributed by atoms with E-state index in [9.17, 15) is 14.4 Å². The predicted molar refractivity (Wildman–Crippen MR) is 114 cm³/mol. The van der Waals surface area contributed by atoms with Gasteiger partial charge in [-0.1, -0.05) is 0 Å². The summed E-state index contributed by atoms with van der Waals surface area (Å²) in [5, 5.41) is 6.28. The summed E-state index contributed by atoms with van der Waals surface area (Å²) in [6.45, 7) is 1.67. The standard InChI is InChI=1S/C21H20N4O4S/c1-10-19(27)23-13-9-11(5-6-14(13)29-10)22-17(26)8-7-16-24-20(28)18-12-3-2-4-15(12)30-21(18)25-16/h5-6,9-10H,2-4,7-8H2,1H3,(H,22,26)(H,23,27)(H,24,25,28)/t10-/m0/s1. The first kappa shape index (κ1) is 18.8. The minimum atomic E-state index is -0.547. The molecule has 2 aromatic heterocycles. The number of aromatic nitrogens is 2. The van der Waals surface area contributed by atoms with Crippen LogP contribution in [0.4, 0.5) is 11.4 Å². The number of anilines is 2. The van der Waals surface area contributed by atoms with Gasteiger partial charge in [-0.3, -0.25) is 14.4 Å². The van der Waals surface area contributed by atoms with Crippen LogP contribution in [0.5, 0.6) is 5.75 Å². The van der Waals surface area contributed by atoms with Gasteiger partial charge in [-0.15, -0.1) is 11.3 Å². The van der Waals surface area contributed by atoms with Crippen LogP contribution in [0, 0.1) is 0 Å². The summed E-state index contributed by atoms with van der Waals surface area (Å²) in [6, 6.07) is 5.10. The average Bonchev–Trinajstić information content (AvgIpc) is 3.28. The highest BCUT2D eigenvalue weighted by Gasteiger charge is 2.24. The number of amides is 2. The maximum absolute atomic E-state index is 12.5. The van der Waals surface area contributed by atoms with Crippen molar-refractivity contribution in [1.29, 1.82) is 0 Å². The fraction of sp³-hybridized carbons (Fsp3) is 0.333. The van der Waals surface area contributed by atoms with Crippen LogP contribution in [0.25, 0.3) is 10.2 Å². The van der Waals surface area contributed by atoms with Gasteiger partial charge < -0.3 is 20.4 Å². The Morgan fingerprint density at radius 1 is 1.33 bits per heavy atom. The van der Waals surface area contributed by atoms with Crippen molar-refractivity contribution in [3.05, 3.63) is 44.8 Å². The molecule has 9 heteroatoms. The number of carbonyl (C=O) groups is 2. The number of nitrogens with one attached hydrogen (secondary N) is 3. The number of aromatic amines is 1. The highest BCUT2D eigenvalue weighted by molar-refractivity contribution is 7.18. The predicted octanol–water partition coefficient (Wildman–Crippen LogP) is 2.76. The molecule has 1 aliphatic carbocycles. The number of hydrogen-bond acceptors (Lipinski definition) is 6. The molecule has 0 fully saturated rings. The van der Waals surface area contributed by atoms with E-state index in [1.807, 2.05) is 0 Å². The summed E-state index contributed by atoms with van der Waals surface area (Å²) in [4.78, 5) is 46.1. The van der Waals surface area contributed by atoms with Gasteiger partial charge in [-0.25, -0.2) is 4.98 Å². The summed E-state index contributed by atoms with van der Waals surface area (Å²) < 4.78 is 5.51. The van der Waals surface area contributed by atoms with Crippen molar-refractivity contribution < 1.29 is 14.3 Å². The van der Waals surface area contributed by atoms with Crippen molar-refractivity contribution in [2.45, 2.75) is 45.1 Å². The molecule has 5 rings (SSSR count). The van der Waals surface area contributed by atoms with Crippen molar-refractivity contribution in [2.24, 2.45) is 0 Å². The van der Waals surface area contributed by atoms with Crippen molar-refractivity contribution in [3.8, 4) is 5.75 Å². The number of rotatable bonds is 4. The molecule has 154 valence electrons. The molecule has 0 saturated carbocycles. The molecular formula is C21H20N4O4S. The number of fused-ring (bicyclic) bond motifs is 4. The number of aryl methyl sites for hydroxylation is 3. The van der Waals surface area contributed by atoms with E-state index in [0.29, 0.717) is 34.8 Å². The van der Waals surface area contributed by atoms with Gasteiger partial charge >= 0.3 is 0 Å². The molecule has 0 radical (unpaired) electrons. The van der Waals surface area contributed by atoms with Gasteiger partial charge in [0.05, 0.1) is 11.1 Å². The summed E-state index contributed by atoms with van der Waals surface area (Å²) >= 11 is 1.59. The minimum absolute atomic E-state index is 0.116. The van der Waals surface area contributed by atoms with Gasteiger partial charge in [0.25, 0.3) is 11.5 Å². The second-order valence-corrected chi connectivity index (χ2v) is 8.64. The Morgan fingerprint density at radius 2 is 2.20 bits per heavy atom. The number of thiophene rings is 1. The first-order valence-corrected chi connectivity index (χ1v) is 10.7. The fourth-order valence-electron chi connectivity index (χ4n) is 3.91. The first-order valence-electron chi connectivity index (χ1n) is 9.93. The molecule has 8 nitrogen and oxygen atoms in total. The van der Waals surface area contributed by atoms with Gasteiger partial charge in [0.2, 0.25) is 5.91 Å². The first-order chi connectivity index (χ1) is 14.5. The van der Waals surface area contributed by atoms with Crippen LogP contribution in [0.3, 0.4) is 0 Å². The third kappa shape index (κ3) is 3.35. The second kappa shape index (κ2) is 7.24. The summed E-state index contributed by atoms with van der Waals surface area (Å²) in [7, 11) is 0. The third-order valence-electron chi connectivity index (χ3n) is 5.41. The normalized spacial score (nSPS) is 17.2. The Hall–Kier alpha value is -3.20. The molecule has 1 aliphatic heterocycles. The summed E-state index contributed by atoms with van der Waals surface area (Å²) in [6.07, 6.45) is 3.01. The topological polar surface area (TPSA) is 113 Å². The molecule has 3 aromatic rings. The largest absolute Gasteiger partial charge is 0.479 e. The highest BCUT2D eigenvalue weighted by atomic mass is 32.1. The van der Waals surface area contributed by atoms with E-state index in [2.05, 4.69) is 20.6 Å². The van der Waals surface area contributed by atoms with Crippen LogP contribution in [-0.2, 0) is 28.9 Å². The SMILES string of the molecule is C[C@@H]1Oc2ccc(NC(=O)CCc3nc4sc5c(c4c(=O)[nH]3)CCC5)cc2NC1=O. The van der Waals surface area contributed by atoms with Crippen LogP contribution in [0.2, 0.25) is 0 Å². The van der Waals surface area contributed by atoms with E-state index in [1.54, 1.807) is 36.5 Å². The molecular weight excluding hydrogens is 404 g/mol. The van der Waals surface area contributed by atoms with Crippen molar-refractivity contribution >= 4 is 44.7 Å². The summed E-state index contributed by atoms with van der Waals surface area (Å²) in [5.74, 6) is 0.652. The number of carbonyl (C=O) groups excluding carboxylic acids is 2. The van der Waals surface area contributed by atoms with E-state index in [4.69, 9.17) is 4.74 Å². The maximum atomic E-state index is 12.5. The lowest BCUT2D eigenvalue weighted by Gasteiger charge is -2.23. The van der Waals surface area contributed by atoms with E-state index >= 15 is 0 Å². The molecule has 0 unspecified atom stereocenters. The zero-order valence-electron chi connectivity index (χ0n) is 16.3. The molecule has 0 spiro atoms. The quantitative estimate of drug-likeness (QED) is 0.596. The Balaban J connectivity index is 1.26. The van der Waals surface area contributed by atoms with E-state index in [-0.39, 0.29) is 23.8 Å².